The van der Waals surface area contributed by atoms with Gasteiger partial charge in [0, 0.05) is 29.1 Å². The Morgan fingerprint density at radius 1 is 1.00 bits per heavy atom. The van der Waals surface area contributed by atoms with Gasteiger partial charge in [0.25, 0.3) is 0 Å². The first-order valence-corrected chi connectivity index (χ1v) is 10.1. The van der Waals surface area contributed by atoms with Gasteiger partial charge in [-0.2, -0.15) is 0 Å². The number of benzene rings is 2. The average molecular weight is 416 g/mol. The Morgan fingerprint density at radius 2 is 1.68 bits per heavy atom. The van der Waals surface area contributed by atoms with E-state index in [0.29, 0.717) is 16.5 Å². The molecule has 0 saturated carbocycles. The normalized spacial score (nSPS) is 12.4. The van der Waals surface area contributed by atoms with Crippen LogP contribution in [0.25, 0.3) is 5.69 Å². The fraction of sp³-hybridized carbons (Fsp3) is 0.261. The molecule has 0 aliphatic rings. The summed E-state index contributed by atoms with van der Waals surface area (Å²) in [6.07, 6.45) is 0.707. The zero-order chi connectivity index (χ0) is 20.4. The highest BCUT2D eigenvalue weighted by atomic mass is 35.5. The zero-order valence-electron chi connectivity index (χ0n) is 16.6. The molecule has 0 amide bonds. The molecule has 5 heteroatoms. The van der Waals surface area contributed by atoms with Crippen LogP contribution in [0.3, 0.4) is 0 Å². The van der Waals surface area contributed by atoms with Crippen molar-refractivity contribution in [3.05, 3.63) is 87.2 Å². The van der Waals surface area contributed by atoms with Gasteiger partial charge in [-0.05, 0) is 43.7 Å². The summed E-state index contributed by atoms with van der Waals surface area (Å²) in [5, 5.41) is 1.02. The number of hydrogen-bond donors (Lipinski definition) is 1. The molecule has 3 rings (SSSR count). The van der Waals surface area contributed by atoms with Crippen molar-refractivity contribution in [2.24, 2.45) is 0 Å². The number of carbonyl (C=O) groups excluding carboxylic acids is 1. The summed E-state index contributed by atoms with van der Waals surface area (Å²) >= 11 is 12.3. The van der Waals surface area contributed by atoms with Gasteiger partial charge in [-0.1, -0.05) is 53.5 Å². The molecule has 1 aromatic heterocycles. The van der Waals surface area contributed by atoms with Crippen molar-refractivity contribution >= 4 is 29.0 Å². The second-order valence-electron chi connectivity index (χ2n) is 7.40. The smallest absolute Gasteiger partial charge is 0.222 e. The van der Waals surface area contributed by atoms with Crippen molar-refractivity contribution in [1.82, 2.24) is 4.57 Å². The van der Waals surface area contributed by atoms with E-state index in [0.717, 1.165) is 27.5 Å². The van der Waals surface area contributed by atoms with E-state index in [9.17, 15) is 4.79 Å². The van der Waals surface area contributed by atoms with E-state index in [1.54, 1.807) is 6.07 Å². The molecule has 0 spiro atoms. The van der Waals surface area contributed by atoms with Crippen LogP contribution in [0.5, 0.6) is 0 Å². The van der Waals surface area contributed by atoms with Crippen LogP contribution in [-0.2, 0) is 6.42 Å². The number of likely N-dealkylation sites (N-methyl/N-ethyl adjacent to an activating group) is 1. The molecule has 2 aromatic carbocycles. The maximum absolute atomic E-state index is 13.4. The summed E-state index contributed by atoms with van der Waals surface area (Å²) in [7, 11) is 4.06. The second-order valence-corrected chi connectivity index (χ2v) is 8.22. The van der Waals surface area contributed by atoms with Gasteiger partial charge in [0.2, 0.25) is 5.78 Å². The van der Waals surface area contributed by atoms with E-state index in [4.69, 9.17) is 23.2 Å². The van der Waals surface area contributed by atoms with Crippen molar-refractivity contribution < 1.29 is 9.69 Å². The summed E-state index contributed by atoms with van der Waals surface area (Å²) in [6, 6.07) is 17.5. The van der Waals surface area contributed by atoms with E-state index >= 15 is 0 Å². The summed E-state index contributed by atoms with van der Waals surface area (Å²) in [4.78, 5) is 14.6. The van der Waals surface area contributed by atoms with E-state index in [1.807, 2.05) is 64.3 Å². The van der Waals surface area contributed by atoms with E-state index in [-0.39, 0.29) is 11.8 Å². The lowest BCUT2D eigenvalue weighted by Crippen LogP contribution is -3.11. The van der Waals surface area contributed by atoms with Crippen molar-refractivity contribution in [2.45, 2.75) is 26.3 Å². The predicted molar refractivity (Wildman–Crippen MR) is 116 cm³/mol. The Kier molecular flexibility index (Phi) is 6.29. The number of rotatable bonds is 6. The average Bonchev–Trinajstić information content (AvgIpc) is 2.96. The lowest BCUT2D eigenvalue weighted by atomic mass is 9.97. The van der Waals surface area contributed by atoms with Crippen LogP contribution in [0.15, 0.2) is 54.6 Å². The minimum atomic E-state index is -0.148. The maximum Gasteiger partial charge on any atom is 0.222 e. The largest absolute Gasteiger partial charge is 0.331 e. The van der Waals surface area contributed by atoms with E-state index < -0.39 is 0 Å². The molecule has 0 saturated heterocycles. The first kappa shape index (κ1) is 20.7. The molecule has 3 nitrogen and oxygen atoms in total. The predicted octanol–water partition coefficient (Wildman–Crippen LogP) is 4.34. The standard InChI is InChI=1S/C23H24Cl2N2O/c1-15-12-19(16(2)27(15)18-10-11-20(24)21(25)14-18)23(28)22(26(3)4)13-17-8-6-5-7-9-17/h5-12,14,22H,13H2,1-4H3/p+1/t22-/m1/s1. The monoisotopic (exact) mass is 415 g/mol. The number of carbonyl (C=O) groups is 1. The first-order valence-electron chi connectivity index (χ1n) is 9.32. The number of aromatic nitrogens is 1. The number of ketones is 1. The van der Waals surface area contributed by atoms with E-state index in [1.165, 1.54) is 5.56 Å². The molecule has 28 heavy (non-hydrogen) atoms. The van der Waals surface area contributed by atoms with Gasteiger partial charge in [-0.15, -0.1) is 0 Å². The number of nitrogens with zero attached hydrogens (tertiary/aromatic N) is 1. The molecular formula is C23H25Cl2N2O+. The Bertz CT molecular complexity index is 993. The number of quaternary nitrogens is 1. The summed E-state index contributed by atoms with van der Waals surface area (Å²) < 4.78 is 2.06. The molecule has 0 bridgehead atoms. The van der Waals surface area contributed by atoms with Crippen molar-refractivity contribution in [2.75, 3.05) is 14.1 Å². The van der Waals surface area contributed by atoms with Crippen LogP contribution in [-0.4, -0.2) is 30.5 Å². The molecule has 3 aromatic rings. The molecule has 0 aliphatic carbocycles. The third-order valence-corrected chi connectivity index (χ3v) is 5.89. The van der Waals surface area contributed by atoms with Crippen LogP contribution in [0.2, 0.25) is 10.0 Å². The number of aryl methyl sites for hydroxylation is 1. The highest BCUT2D eigenvalue weighted by molar-refractivity contribution is 6.42. The van der Waals surface area contributed by atoms with E-state index in [2.05, 4.69) is 16.7 Å². The van der Waals surface area contributed by atoms with Crippen LogP contribution in [0.1, 0.15) is 27.3 Å². The van der Waals surface area contributed by atoms with Crippen LogP contribution in [0.4, 0.5) is 0 Å². The third-order valence-electron chi connectivity index (χ3n) is 5.15. The molecule has 0 radical (unpaired) electrons. The van der Waals surface area contributed by atoms with Gasteiger partial charge in [0.1, 0.15) is 0 Å². The second kappa shape index (κ2) is 8.52. The zero-order valence-corrected chi connectivity index (χ0v) is 18.1. The van der Waals surface area contributed by atoms with Gasteiger partial charge in [-0.3, -0.25) is 4.79 Å². The minimum absolute atomic E-state index is 0.148. The lowest BCUT2D eigenvalue weighted by molar-refractivity contribution is -0.874. The molecule has 1 N–H and O–H groups in total. The van der Waals surface area contributed by atoms with Crippen molar-refractivity contribution in [1.29, 1.82) is 0 Å². The van der Waals surface area contributed by atoms with Gasteiger partial charge < -0.3 is 9.47 Å². The molecule has 1 heterocycles. The number of Topliss-reactive ketones (excluding diaryl/α,β-unsaturated/α-hetero) is 1. The molecular weight excluding hydrogens is 391 g/mol. The van der Waals surface area contributed by atoms with Crippen molar-refractivity contribution in [3.63, 3.8) is 0 Å². The van der Waals surface area contributed by atoms with Gasteiger partial charge in [0.05, 0.1) is 24.1 Å². The summed E-state index contributed by atoms with van der Waals surface area (Å²) in [5.41, 5.74) is 4.73. The summed E-state index contributed by atoms with van der Waals surface area (Å²) in [6.45, 7) is 3.98. The topological polar surface area (TPSA) is 26.4 Å². The highest BCUT2D eigenvalue weighted by Gasteiger charge is 2.29. The highest BCUT2D eigenvalue weighted by Crippen LogP contribution is 2.28. The number of nitrogens with one attached hydrogen (secondary N) is 1. The quantitative estimate of drug-likeness (QED) is 0.595. The van der Waals surface area contributed by atoms with Gasteiger partial charge in [-0.25, -0.2) is 0 Å². The molecule has 0 aliphatic heterocycles. The molecule has 146 valence electrons. The molecule has 0 fully saturated rings. The Labute approximate surface area is 176 Å². The Morgan fingerprint density at radius 3 is 2.29 bits per heavy atom. The number of hydrogen-bond acceptors (Lipinski definition) is 1. The van der Waals surface area contributed by atoms with Gasteiger partial charge in [0.15, 0.2) is 6.04 Å². The SMILES string of the molecule is Cc1cc(C(=O)[C@@H](Cc2ccccc2)[NH+](C)C)c(C)n1-c1ccc(Cl)c(Cl)c1. The third kappa shape index (κ3) is 4.17. The van der Waals surface area contributed by atoms with Gasteiger partial charge >= 0.3 is 0 Å². The van der Waals surface area contributed by atoms with Crippen LogP contribution < -0.4 is 4.90 Å². The fourth-order valence-electron chi connectivity index (χ4n) is 3.63. The number of halogens is 2. The molecule has 1 atom stereocenters. The lowest BCUT2D eigenvalue weighted by Gasteiger charge is -2.20. The van der Waals surface area contributed by atoms with Crippen LogP contribution in [0, 0.1) is 13.8 Å². The fourth-order valence-corrected chi connectivity index (χ4v) is 3.92. The maximum atomic E-state index is 13.4. The minimum Gasteiger partial charge on any atom is -0.331 e. The van der Waals surface area contributed by atoms with Crippen LogP contribution >= 0.6 is 23.2 Å². The Balaban J connectivity index is 1.98. The Hall–Kier alpha value is -2.07. The first-order chi connectivity index (χ1) is 13.3. The molecule has 0 unspecified atom stereocenters. The van der Waals surface area contributed by atoms with Crippen molar-refractivity contribution in [3.8, 4) is 5.69 Å². The summed E-state index contributed by atoms with van der Waals surface area (Å²) in [5.74, 6) is 0.156.